The zero-order chi connectivity index (χ0) is 14.2. The maximum atomic E-state index is 11.4. The van der Waals surface area contributed by atoms with E-state index in [2.05, 4.69) is 6.58 Å². The van der Waals surface area contributed by atoms with E-state index < -0.39 is 11.4 Å². The van der Waals surface area contributed by atoms with E-state index in [1.54, 1.807) is 6.08 Å². The number of para-hydroxylation sites is 2. The molecule has 3 rings (SSSR count). The van der Waals surface area contributed by atoms with Gasteiger partial charge in [0.2, 0.25) is 0 Å². The minimum absolute atomic E-state index is 0.0477. The zero-order valence-corrected chi connectivity index (χ0v) is 10.9. The van der Waals surface area contributed by atoms with Gasteiger partial charge in [0.05, 0.1) is 11.8 Å². The van der Waals surface area contributed by atoms with Crippen molar-refractivity contribution < 1.29 is 14.6 Å². The Morgan fingerprint density at radius 2 is 1.60 bits per heavy atom. The van der Waals surface area contributed by atoms with Crippen molar-refractivity contribution in [2.24, 2.45) is 0 Å². The summed E-state index contributed by atoms with van der Waals surface area (Å²) in [5, 5.41) is 9.32. The van der Waals surface area contributed by atoms with E-state index in [1.807, 2.05) is 48.5 Å². The zero-order valence-electron chi connectivity index (χ0n) is 10.9. The topological polar surface area (TPSA) is 46.5 Å². The number of ether oxygens (including phenoxy) is 1. The van der Waals surface area contributed by atoms with Crippen LogP contribution in [0.1, 0.15) is 17.5 Å². The van der Waals surface area contributed by atoms with Gasteiger partial charge in [0.15, 0.2) is 0 Å². The van der Waals surface area contributed by atoms with E-state index in [0.717, 1.165) is 11.1 Å². The van der Waals surface area contributed by atoms with Gasteiger partial charge in [0, 0.05) is 11.1 Å². The van der Waals surface area contributed by atoms with Crippen molar-refractivity contribution >= 4 is 5.97 Å². The number of carboxylic acid groups (broad SMARTS) is 1. The van der Waals surface area contributed by atoms with Crippen molar-refractivity contribution in [1.82, 2.24) is 0 Å². The molecule has 0 amide bonds. The predicted octanol–water partition coefficient (Wildman–Crippen LogP) is 3.74. The molecule has 0 fully saturated rings. The van der Waals surface area contributed by atoms with Crippen LogP contribution >= 0.6 is 0 Å². The summed E-state index contributed by atoms with van der Waals surface area (Å²) in [7, 11) is 0. The first-order chi connectivity index (χ1) is 9.67. The Labute approximate surface area is 117 Å². The standard InChI is InChI=1S/C17H14O3/c1-2-17(11-16(18)19)12-7-3-5-9-14(12)20-15-10-6-4-8-13(15)17/h2-10H,1,11H2,(H,18,19). The lowest BCUT2D eigenvalue weighted by molar-refractivity contribution is -0.137. The molecule has 0 saturated heterocycles. The molecule has 1 aliphatic heterocycles. The molecule has 1 heterocycles. The highest BCUT2D eigenvalue weighted by Crippen LogP contribution is 2.50. The van der Waals surface area contributed by atoms with Gasteiger partial charge < -0.3 is 9.84 Å². The Bertz CT molecular complexity index is 643. The van der Waals surface area contributed by atoms with Crippen molar-refractivity contribution in [3.05, 3.63) is 72.3 Å². The van der Waals surface area contributed by atoms with Crippen molar-refractivity contribution in [1.29, 1.82) is 0 Å². The summed E-state index contributed by atoms with van der Waals surface area (Å²) in [5.74, 6) is 0.510. The molecule has 0 unspecified atom stereocenters. The van der Waals surface area contributed by atoms with Crippen molar-refractivity contribution in [2.45, 2.75) is 11.8 Å². The summed E-state index contributed by atoms with van der Waals surface area (Å²) in [5.41, 5.74) is 0.935. The Kier molecular flexibility index (Phi) is 2.83. The summed E-state index contributed by atoms with van der Waals surface area (Å²) >= 11 is 0. The van der Waals surface area contributed by atoms with Gasteiger partial charge in [-0.1, -0.05) is 42.5 Å². The predicted molar refractivity (Wildman–Crippen MR) is 76.2 cm³/mol. The minimum Gasteiger partial charge on any atom is -0.481 e. The van der Waals surface area contributed by atoms with Crippen LogP contribution in [0.3, 0.4) is 0 Å². The number of aliphatic carboxylic acids is 1. The average Bonchev–Trinajstić information content (AvgIpc) is 2.46. The van der Waals surface area contributed by atoms with Crippen molar-refractivity contribution in [3.8, 4) is 11.5 Å². The minimum atomic E-state index is -0.864. The lowest BCUT2D eigenvalue weighted by Gasteiger charge is -2.36. The third-order valence-corrected chi connectivity index (χ3v) is 3.73. The first kappa shape index (κ1) is 12.5. The van der Waals surface area contributed by atoms with Gasteiger partial charge in [0.25, 0.3) is 0 Å². The van der Waals surface area contributed by atoms with E-state index in [-0.39, 0.29) is 6.42 Å². The van der Waals surface area contributed by atoms with Crippen LogP contribution in [0.2, 0.25) is 0 Å². The van der Waals surface area contributed by atoms with E-state index in [0.29, 0.717) is 11.5 Å². The van der Waals surface area contributed by atoms with Gasteiger partial charge >= 0.3 is 5.97 Å². The van der Waals surface area contributed by atoms with Gasteiger partial charge in [-0.15, -0.1) is 6.58 Å². The van der Waals surface area contributed by atoms with Crippen LogP contribution in [0.15, 0.2) is 61.2 Å². The van der Waals surface area contributed by atoms with Crippen molar-refractivity contribution in [3.63, 3.8) is 0 Å². The number of allylic oxidation sites excluding steroid dienone is 1. The number of rotatable bonds is 3. The van der Waals surface area contributed by atoms with Gasteiger partial charge in [-0.2, -0.15) is 0 Å². The fourth-order valence-corrected chi connectivity index (χ4v) is 2.83. The molecule has 0 aromatic heterocycles. The summed E-state index contributed by atoms with van der Waals surface area (Å²) in [6.45, 7) is 3.89. The number of hydrogen-bond donors (Lipinski definition) is 1. The van der Waals surface area contributed by atoms with Crippen molar-refractivity contribution in [2.75, 3.05) is 0 Å². The highest BCUT2D eigenvalue weighted by atomic mass is 16.5. The first-order valence-electron chi connectivity index (χ1n) is 6.39. The smallest absolute Gasteiger partial charge is 0.304 e. The summed E-state index contributed by atoms with van der Waals surface area (Å²) < 4.78 is 5.88. The second-order valence-electron chi connectivity index (χ2n) is 4.84. The fraction of sp³-hybridized carbons (Fsp3) is 0.118. The second-order valence-corrected chi connectivity index (χ2v) is 4.84. The molecule has 0 radical (unpaired) electrons. The first-order valence-corrected chi connectivity index (χ1v) is 6.39. The maximum absolute atomic E-state index is 11.4. The number of benzene rings is 2. The molecule has 1 aliphatic rings. The van der Waals surface area contributed by atoms with Crippen LogP contribution in [0.25, 0.3) is 0 Å². The monoisotopic (exact) mass is 266 g/mol. The molecule has 20 heavy (non-hydrogen) atoms. The molecular weight excluding hydrogens is 252 g/mol. The van der Waals surface area contributed by atoms with Gasteiger partial charge in [-0.25, -0.2) is 0 Å². The van der Waals surface area contributed by atoms with E-state index >= 15 is 0 Å². The number of carbonyl (C=O) groups is 1. The summed E-state index contributed by atoms with van der Waals surface area (Å²) in [6, 6.07) is 15.0. The van der Waals surface area contributed by atoms with Crippen LogP contribution in [0.5, 0.6) is 11.5 Å². The lowest BCUT2D eigenvalue weighted by Crippen LogP contribution is -2.31. The van der Waals surface area contributed by atoms with Crippen LogP contribution in [0.4, 0.5) is 0 Å². The highest BCUT2D eigenvalue weighted by Gasteiger charge is 2.41. The molecular formula is C17H14O3. The molecule has 2 aromatic carbocycles. The molecule has 0 spiro atoms. The van der Waals surface area contributed by atoms with Crippen LogP contribution < -0.4 is 4.74 Å². The molecule has 0 aliphatic carbocycles. The van der Waals surface area contributed by atoms with Crippen LogP contribution in [-0.4, -0.2) is 11.1 Å². The maximum Gasteiger partial charge on any atom is 0.304 e. The highest BCUT2D eigenvalue weighted by molar-refractivity contribution is 5.74. The SMILES string of the molecule is C=CC1(CC(=O)O)c2ccccc2Oc2ccccc21. The molecule has 1 N–H and O–H groups in total. The van der Waals surface area contributed by atoms with Crippen LogP contribution in [0, 0.1) is 0 Å². The molecule has 0 bridgehead atoms. The van der Waals surface area contributed by atoms with E-state index in [9.17, 15) is 9.90 Å². The van der Waals surface area contributed by atoms with E-state index in [1.165, 1.54) is 0 Å². The number of hydrogen-bond acceptors (Lipinski definition) is 2. The second kappa shape index (κ2) is 4.53. The van der Waals surface area contributed by atoms with Gasteiger partial charge in [-0.3, -0.25) is 4.79 Å². The Hall–Kier alpha value is -2.55. The molecule has 3 nitrogen and oxygen atoms in total. The molecule has 0 atom stereocenters. The normalized spacial score (nSPS) is 14.6. The Balaban J connectivity index is 2.31. The Morgan fingerprint density at radius 1 is 1.10 bits per heavy atom. The summed E-state index contributed by atoms with van der Waals surface area (Å²) in [6.07, 6.45) is 1.66. The molecule has 3 heteroatoms. The van der Waals surface area contributed by atoms with E-state index in [4.69, 9.17) is 4.74 Å². The molecule has 2 aromatic rings. The largest absolute Gasteiger partial charge is 0.481 e. The molecule has 100 valence electrons. The van der Waals surface area contributed by atoms with Crippen LogP contribution in [-0.2, 0) is 10.2 Å². The molecule has 0 saturated carbocycles. The van der Waals surface area contributed by atoms with Gasteiger partial charge in [-0.05, 0) is 12.1 Å². The Morgan fingerprint density at radius 3 is 2.05 bits per heavy atom. The number of carboxylic acids is 1. The quantitative estimate of drug-likeness (QED) is 0.861. The third-order valence-electron chi connectivity index (χ3n) is 3.73. The number of fused-ring (bicyclic) bond motifs is 2. The summed E-state index contributed by atoms with van der Waals surface area (Å²) in [4.78, 5) is 11.4. The lowest BCUT2D eigenvalue weighted by atomic mass is 9.70. The van der Waals surface area contributed by atoms with Gasteiger partial charge in [0.1, 0.15) is 11.5 Å². The fourth-order valence-electron chi connectivity index (χ4n) is 2.83. The third kappa shape index (κ3) is 1.71. The average molecular weight is 266 g/mol.